The Hall–Kier alpha value is -2.88. The summed E-state index contributed by atoms with van der Waals surface area (Å²) >= 11 is 0. The molecule has 212 valence electrons. The molecule has 1 aromatic heterocycles. The predicted molar refractivity (Wildman–Crippen MR) is 147 cm³/mol. The maximum absolute atomic E-state index is 13.4. The Labute approximate surface area is 231 Å². The van der Waals surface area contributed by atoms with Crippen molar-refractivity contribution in [3.05, 3.63) is 47.7 Å². The van der Waals surface area contributed by atoms with Crippen molar-refractivity contribution in [2.24, 2.45) is 5.41 Å². The van der Waals surface area contributed by atoms with Gasteiger partial charge in [-0.3, -0.25) is 4.79 Å². The largest absolute Gasteiger partial charge is 0.493 e. The van der Waals surface area contributed by atoms with Crippen LogP contribution in [0.5, 0.6) is 11.5 Å². The third kappa shape index (κ3) is 5.44. The molecular weight excluding hydrogens is 498 g/mol. The summed E-state index contributed by atoms with van der Waals surface area (Å²) in [5, 5.41) is 10.9. The lowest BCUT2D eigenvalue weighted by Gasteiger charge is -2.40. The van der Waals surface area contributed by atoms with Crippen molar-refractivity contribution >= 4 is 11.7 Å². The number of ether oxygens (including phenoxy) is 4. The minimum atomic E-state index is -0.776. The van der Waals surface area contributed by atoms with E-state index >= 15 is 0 Å². The van der Waals surface area contributed by atoms with Crippen LogP contribution in [0.4, 0.5) is 5.82 Å². The van der Waals surface area contributed by atoms with Crippen LogP contribution in [0.25, 0.3) is 0 Å². The molecule has 1 amide bonds. The van der Waals surface area contributed by atoms with Crippen LogP contribution in [-0.4, -0.2) is 84.9 Å². The highest BCUT2D eigenvalue weighted by molar-refractivity contribution is 5.82. The number of pyridine rings is 1. The van der Waals surface area contributed by atoms with Crippen LogP contribution in [0.1, 0.15) is 51.7 Å². The Kier molecular flexibility index (Phi) is 7.52. The molecule has 1 N–H and O–H groups in total. The summed E-state index contributed by atoms with van der Waals surface area (Å²) < 4.78 is 23.5. The molecule has 3 saturated heterocycles. The van der Waals surface area contributed by atoms with Gasteiger partial charge in [0.2, 0.25) is 0 Å². The number of aromatic nitrogens is 1. The number of rotatable bonds is 8. The number of anilines is 1. The summed E-state index contributed by atoms with van der Waals surface area (Å²) in [7, 11) is 1.63. The first-order valence-electron chi connectivity index (χ1n) is 13.9. The van der Waals surface area contributed by atoms with Gasteiger partial charge >= 0.3 is 0 Å². The fourth-order valence-electron chi connectivity index (χ4n) is 5.80. The smallest absolute Gasteiger partial charge is 0.254 e. The summed E-state index contributed by atoms with van der Waals surface area (Å²) in [6, 6.07) is 10.1. The van der Waals surface area contributed by atoms with Crippen molar-refractivity contribution in [1.29, 1.82) is 0 Å². The van der Waals surface area contributed by atoms with Crippen molar-refractivity contribution in [2.45, 2.75) is 71.1 Å². The van der Waals surface area contributed by atoms with Gasteiger partial charge < -0.3 is 33.9 Å². The number of methoxy groups -OCH3 is 1. The average molecular weight is 540 g/mol. The molecule has 4 heterocycles. The number of aliphatic hydroxyl groups is 1. The van der Waals surface area contributed by atoms with Crippen LogP contribution in [0.3, 0.4) is 0 Å². The van der Waals surface area contributed by atoms with E-state index in [-0.39, 0.29) is 24.5 Å². The lowest BCUT2D eigenvalue weighted by atomic mass is 9.72. The van der Waals surface area contributed by atoms with Gasteiger partial charge in [-0.2, -0.15) is 0 Å². The lowest BCUT2D eigenvalue weighted by Crippen LogP contribution is -2.54. The third-order valence-corrected chi connectivity index (χ3v) is 8.55. The molecule has 0 unspecified atom stereocenters. The molecule has 5 rings (SSSR count). The van der Waals surface area contributed by atoms with Gasteiger partial charge in [0.05, 0.1) is 32.9 Å². The second kappa shape index (κ2) is 10.6. The van der Waals surface area contributed by atoms with E-state index < -0.39 is 23.4 Å². The van der Waals surface area contributed by atoms with Crippen molar-refractivity contribution in [3.63, 3.8) is 0 Å². The Balaban J connectivity index is 1.31. The normalized spacial score (nSPS) is 27.4. The summed E-state index contributed by atoms with van der Waals surface area (Å²) in [4.78, 5) is 21.9. The van der Waals surface area contributed by atoms with E-state index in [1.165, 1.54) is 5.56 Å². The molecule has 0 radical (unpaired) electrons. The first kappa shape index (κ1) is 27.7. The minimum Gasteiger partial charge on any atom is -0.493 e. The molecule has 1 aromatic carbocycles. The molecule has 2 aromatic rings. The van der Waals surface area contributed by atoms with Crippen LogP contribution in [0.15, 0.2) is 36.5 Å². The SMILES string of the molecule is CCc1ccc(N2CC(Oc3cc([C@@H]4CN(C(=O)[C@@H]5COC(C)(C)O5)C[C@@]4(C)[C@@H](C)O)ccc3OC)C2)nc1. The zero-order valence-electron chi connectivity index (χ0n) is 23.8. The predicted octanol–water partition coefficient (Wildman–Crippen LogP) is 3.38. The molecule has 0 bridgehead atoms. The number of carbonyl (C=O) groups is 1. The summed E-state index contributed by atoms with van der Waals surface area (Å²) in [5.74, 6) is 1.31. The van der Waals surface area contributed by atoms with E-state index in [1.54, 1.807) is 18.9 Å². The fraction of sp³-hybridized carbons (Fsp3) is 0.600. The maximum Gasteiger partial charge on any atom is 0.254 e. The first-order chi connectivity index (χ1) is 18.5. The molecule has 0 saturated carbocycles. The summed E-state index contributed by atoms with van der Waals surface area (Å²) in [6.45, 7) is 12.2. The lowest BCUT2D eigenvalue weighted by molar-refractivity contribution is -0.159. The van der Waals surface area contributed by atoms with Gasteiger partial charge in [0.1, 0.15) is 11.9 Å². The van der Waals surface area contributed by atoms with Gasteiger partial charge in [-0.1, -0.05) is 26.0 Å². The van der Waals surface area contributed by atoms with E-state index in [0.717, 1.165) is 30.9 Å². The number of benzene rings is 1. The maximum atomic E-state index is 13.4. The minimum absolute atomic E-state index is 0.00877. The van der Waals surface area contributed by atoms with Crippen molar-refractivity contribution in [1.82, 2.24) is 9.88 Å². The number of carbonyl (C=O) groups excluding carboxylic acids is 1. The average Bonchev–Trinajstić information content (AvgIpc) is 3.45. The Morgan fingerprint density at radius 2 is 1.95 bits per heavy atom. The van der Waals surface area contributed by atoms with Crippen molar-refractivity contribution in [2.75, 3.05) is 44.8 Å². The Morgan fingerprint density at radius 3 is 2.54 bits per heavy atom. The number of hydrogen-bond acceptors (Lipinski definition) is 8. The third-order valence-electron chi connectivity index (χ3n) is 8.55. The van der Waals surface area contributed by atoms with E-state index in [0.29, 0.717) is 24.6 Å². The van der Waals surface area contributed by atoms with E-state index in [4.69, 9.17) is 18.9 Å². The fourth-order valence-corrected chi connectivity index (χ4v) is 5.80. The molecule has 39 heavy (non-hydrogen) atoms. The second-order valence-electron chi connectivity index (χ2n) is 11.7. The van der Waals surface area contributed by atoms with Gasteiger partial charge in [0, 0.05) is 30.6 Å². The van der Waals surface area contributed by atoms with Gasteiger partial charge in [0.15, 0.2) is 23.4 Å². The number of aryl methyl sites for hydroxylation is 1. The number of nitrogens with zero attached hydrogens (tertiary/aromatic N) is 3. The molecule has 0 spiro atoms. The molecular formula is C30H41N3O6. The molecule has 3 fully saturated rings. The van der Waals surface area contributed by atoms with E-state index in [2.05, 4.69) is 28.9 Å². The van der Waals surface area contributed by atoms with Crippen molar-refractivity contribution < 1.29 is 28.8 Å². The Bertz CT molecular complexity index is 1180. The van der Waals surface area contributed by atoms with Crippen LogP contribution >= 0.6 is 0 Å². The quantitative estimate of drug-likeness (QED) is 0.546. The molecule has 3 aliphatic rings. The first-order valence-corrected chi connectivity index (χ1v) is 13.9. The molecule has 9 heteroatoms. The molecule has 9 nitrogen and oxygen atoms in total. The highest BCUT2D eigenvalue weighted by Gasteiger charge is 2.50. The topological polar surface area (TPSA) is 93.6 Å². The Morgan fingerprint density at radius 1 is 1.18 bits per heavy atom. The van der Waals surface area contributed by atoms with Gasteiger partial charge in [-0.05, 0) is 56.5 Å². The van der Waals surface area contributed by atoms with Crippen LogP contribution in [0, 0.1) is 5.41 Å². The standard InChI is InChI=1S/C30H41N3O6/c1-7-20-8-11-27(31-13-20)32-14-22(15-32)38-25-12-21(9-10-24(25)36-6)23-16-33(18-30(23,5)19(2)34)28(35)26-17-37-29(3,4)39-26/h8-13,19,22-23,26,34H,7,14-18H2,1-6H3/t19-,23+,26+,30+/m1/s1. The number of likely N-dealkylation sites (tertiary alicyclic amines) is 1. The zero-order valence-corrected chi connectivity index (χ0v) is 23.8. The van der Waals surface area contributed by atoms with Gasteiger partial charge in [0.25, 0.3) is 5.91 Å². The van der Waals surface area contributed by atoms with E-state index in [9.17, 15) is 9.90 Å². The number of aliphatic hydroxyl groups excluding tert-OH is 1. The summed E-state index contributed by atoms with van der Waals surface area (Å²) in [6.07, 6.45) is 1.64. The second-order valence-corrected chi connectivity index (χ2v) is 11.7. The molecule has 4 atom stereocenters. The molecule has 0 aliphatic carbocycles. The monoisotopic (exact) mass is 539 g/mol. The van der Waals surface area contributed by atoms with Crippen LogP contribution in [-0.2, 0) is 20.7 Å². The van der Waals surface area contributed by atoms with Crippen LogP contribution < -0.4 is 14.4 Å². The zero-order chi connectivity index (χ0) is 27.9. The van der Waals surface area contributed by atoms with Crippen LogP contribution in [0.2, 0.25) is 0 Å². The van der Waals surface area contributed by atoms with Gasteiger partial charge in [-0.15, -0.1) is 0 Å². The van der Waals surface area contributed by atoms with E-state index in [1.807, 2.05) is 45.2 Å². The number of amides is 1. The summed E-state index contributed by atoms with van der Waals surface area (Å²) in [5.41, 5.74) is 1.68. The van der Waals surface area contributed by atoms with Gasteiger partial charge in [-0.25, -0.2) is 4.98 Å². The highest BCUT2D eigenvalue weighted by Crippen LogP contribution is 2.47. The van der Waals surface area contributed by atoms with Crippen molar-refractivity contribution in [3.8, 4) is 11.5 Å². The highest BCUT2D eigenvalue weighted by atomic mass is 16.7. The number of hydrogen-bond donors (Lipinski definition) is 1. The molecule has 3 aliphatic heterocycles.